The van der Waals surface area contributed by atoms with Crippen LogP contribution in [-0.2, 0) is 6.42 Å². The van der Waals surface area contributed by atoms with Gasteiger partial charge in [-0.25, -0.2) is 0 Å². The summed E-state index contributed by atoms with van der Waals surface area (Å²) in [6.07, 6.45) is 7.78. The van der Waals surface area contributed by atoms with E-state index >= 15 is 0 Å². The summed E-state index contributed by atoms with van der Waals surface area (Å²) in [5, 5.41) is 10.7. The minimum atomic E-state index is -0.0886. The first-order valence-electron chi connectivity index (χ1n) is 8.82. The third kappa shape index (κ3) is 3.40. The second-order valence-corrected chi connectivity index (χ2v) is 8.82. The highest BCUT2D eigenvalue weighted by Crippen LogP contribution is 2.56. The van der Waals surface area contributed by atoms with Crippen molar-refractivity contribution in [3.8, 4) is 11.5 Å². The highest BCUT2D eigenvalue weighted by atomic mass is 127. The molecule has 0 aromatic heterocycles. The third-order valence-corrected chi connectivity index (χ3v) is 6.30. The van der Waals surface area contributed by atoms with Crippen LogP contribution in [0.2, 0.25) is 0 Å². The molecule has 23 heavy (non-hydrogen) atoms. The van der Waals surface area contributed by atoms with Gasteiger partial charge in [0.25, 0.3) is 0 Å². The van der Waals surface area contributed by atoms with Gasteiger partial charge in [-0.1, -0.05) is 26.3 Å². The van der Waals surface area contributed by atoms with Crippen LogP contribution in [0.5, 0.6) is 11.5 Å². The molecule has 1 aliphatic heterocycles. The normalized spacial score (nSPS) is 28.8. The zero-order chi connectivity index (χ0) is 16.6. The SMILES string of the molecule is C=C(I)[C@H]1CC[C@]2(C)C[C@H]1c1c(O)cc(CCCCC)cc1O2. The summed E-state index contributed by atoms with van der Waals surface area (Å²) >= 11 is 2.36. The van der Waals surface area contributed by atoms with Gasteiger partial charge in [0.05, 0.1) is 0 Å². The fourth-order valence-electron chi connectivity index (χ4n) is 4.26. The summed E-state index contributed by atoms with van der Waals surface area (Å²) < 4.78 is 7.56. The molecule has 0 spiro atoms. The number of benzene rings is 1. The predicted octanol–water partition coefficient (Wildman–Crippen LogP) is 6.11. The molecule has 0 radical (unpaired) electrons. The van der Waals surface area contributed by atoms with Crippen LogP contribution in [0.25, 0.3) is 0 Å². The monoisotopic (exact) mass is 426 g/mol. The number of hydrogen-bond acceptors (Lipinski definition) is 2. The van der Waals surface area contributed by atoms with Gasteiger partial charge in [0.15, 0.2) is 0 Å². The number of unbranched alkanes of at least 4 members (excludes halogenated alkanes) is 2. The maximum Gasteiger partial charge on any atom is 0.127 e. The molecule has 2 aliphatic rings. The van der Waals surface area contributed by atoms with Crippen molar-refractivity contribution in [3.05, 3.63) is 33.4 Å². The summed E-state index contributed by atoms with van der Waals surface area (Å²) in [4.78, 5) is 0. The van der Waals surface area contributed by atoms with E-state index in [1.54, 1.807) is 0 Å². The molecule has 126 valence electrons. The van der Waals surface area contributed by atoms with Crippen molar-refractivity contribution in [2.75, 3.05) is 0 Å². The Kier molecular flexibility index (Phi) is 4.96. The van der Waals surface area contributed by atoms with Gasteiger partial charge < -0.3 is 9.84 Å². The lowest BCUT2D eigenvalue weighted by Crippen LogP contribution is -2.44. The van der Waals surface area contributed by atoms with E-state index in [4.69, 9.17) is 4.74 Å². The van der Waals surface area contributed by atoms with E-state index in [1.165, 1.54) is 28.4 Å². The maximum absolute atomic E-state index is 10.7. The lowest BCUT2D eigenvalue weighted by molar-refractivity contribution is 0.00773. The van der Waals surface area contributed by atoms with Crippen LogP contribution < -0.4 is 4.74 Å². The first kappa shape index (κ1) is 17.1. The van der Waals surface area contributed by atoms with E-state index < -0.39 is 0 Å². The van der Waals surface area contributed by atoms with Gasteiger partial charge in [-0.15, -0.1) is 0 Å². The van der Waals surface area contributed by atoms with E-state index in [1.807, 2.05) is 6.07 Å². The first-order valence-corrected chi connectivity index (χ1v) is 9.90. The smallest absolute Gasteiger partial charge is 0.127 e. The van der Waals surface area contributed by atoms with Gasteiger partial charge in [-0.3, -0.25) is 0 Å². The second kappa shape index (κ2) is 6.66. The molecule has 3 heteroatoms. The van der Waals surface area contributed by atoms with Crippen molar-refractivity contribution < 1.29 is 9.84 Å². The van der Waals surface area contributed by atoms with Gasteiger partial charge in [0, 0.05) is 11.5 Å². The summed E-state index contributed by atoms with van der Waals surface area (Å²) in [6, 6.07) is 4.13. The van der Waals surface area contributed by atoms with E-state index in [-0.39, 0.29) is 5.60 Å². The zero-order valence-electron chi connectivity index (χ0n) is 14.2. The highest BCUT2D eigenvalue weighted by Gasteiger charge is 2.46. The molecule has 0 amide bonds. The Morgan fingerprint density at radius 3 is 2.91 bits per heavy atom. The van der Waals surface area contributed by atoms with Crippen LogP contribution in [-0.4, -0.2) is 10.7 Å². The molecule has 1 aromatic rings. The Labute approximate surface area is 153 Å². The number of fused-ring (bicyclic) bond motifs is 4. The zero-order valence-corrected chi connectivity index (χ0v) is 16.4. The summed E-state index contributed by atoms with van der Waals surface area (Å²) in [7, 11) is 0. The number of phenols is 1. The van der Waals surface area contributed by atoms with Crippen LogP contribution in [0.15, 0.2) is 22.3 Å². The fraction of sp³-hybridized carbons (Fsp3) is 0.600. The molecule has 1 N–H and O–H groups in total. The molecule has 0 saturated heterocycles. The number of ether oxygens (including phenoxy) is 1. The molecule has 3 atom stereocenters. The number of aromatic hydroxyl groups is 1. The topological polar surface area (TPSA) is 29.5 Å². The first-order chi connectivity index (χ1) is 10.9. The largest absolute Gasteiger partial charge is 0.508 e. The Balaban J connectivity index is 1.96. The third-order valence-electron chi connectivity index (χ3n) is 5.50. The molecule has 2 nitrogen and oxygen atoms in total. The lowest BCUT2D eigenvalue weighted by atomic mass is 9.67. The second-order valence-electron chi connectivity index (χ2n) is 7.44. The van der Waals surface area contributed by atoms with Crippen molar-refractivity contribution in [1.82, 2.24) is 0 Å². The average molecular weight is 426 g/mol. The molecule has 1 aromatic carbocycles. The van der Waals surface area contributed by atoms with Crippen molar-refractivity contribution in [2.45, 2.75) is 70.3 Å². The van der Waals surface area contributed by atoms with Gasteiger partial charge >= 0.3 is 0 Å². The molecule has 1 saturated carbocycles. The Hall–Kier alpha value is -0.710. The maximum atomic E-state index is 10.7. The minimum Gasteiger partial charge on any atom is -0.508 e. The summed E-state index contributed by atoms with van der Waals surface area (Å²) in [5.41, 5.74) is 2.13. The molecule has 3 rings (SSSR count). The quantitative estimate of drug-likeness (QED) is 0.455. The molecular formula is C20H27IO2. The van der Waals surface area contributed by atoms with Crippen molar-refractivity contribution in [2.24, 2.45) is 5.92 Å². The van der Waals surface area contributed by atoms with Crippen LogP contribution in [0, 0.1) is 5.92 Å². The molecule has 0 unspecified atom stereocenters. The Morgan fingerprint density at radius 2 is 2.22 bits per heavy atom. The van der Waals surface area contributed by atoms with Gasteiger partial charge in [0.2, 0.25) is 0 Å². The highest BCUT2D eigenvalue weighted by molar-refractivity contribution is 14.1. The van der Waals surface area contributed by atoms with Crippen LogP contribution in [0.4, 0.5) is 0 Å². The van der Waals surface area contributed by atoms with E-state index in [0.29, 0.717) is 17.6 Å². The lowest BCUT2D eigenvalue weighted by Gasteiger charge is -2.47. The fourth-order valence-corrected chi connectivity index (χ4v) is 5.00. The average Bonchev–Trinajstić information content (AvgIpc) is 2.46. The van der Waals surface area contributed by atoms with Crippen molar-refractivity contribution >= 4 is 22.6 Å². The number of aryl methyl sites for hydroxylation is 1. The number of halogens is 1. The summed E-state index contributed by atoms with van der Waals surface area (Å²) in [5.74, 6) is 2.12. The molecule has 1 aliphatic carbocycles. The number of rotatable bonds is 5. The van der Waals surface area contributed by atoms with Crippen molar-refractivity contribution in [3.63, 3.8) is 0 Å². The predicted molar refractivity (Wildman–Crippen MR) is 104 cm³/mol. The standard InChI is InChI=1S/C20H27IO2/c1-4-5-6-7-14-10-17(22)19-16-12-20(3,23-18(19)11-14)9-8-15(16)13(2)21/h10-11,15-16,22H,2,4-9,12H2,1,3H3/t15-,16-,20-/m1/s1. The van der Waals surface area contributed by atoms with Crippen molar-refractivity contribution in [1.29, 1.82) is 0 Å². The van der Waals surface area contributed by atoms with E-state index in [9.17, 15) is 5.11 Å². The van der Waals surface area contributed by atoms with Gasteiger partial charge in [0.1, 0.15) is 17.1 Å². The molecule has 1 fully saturated rings. The van der Waals surface area contributed by atoms with Crippen LogP contribution in [0.1, 0.15) is 69.4 Å². The molecule has 2 bridgehead atoms. The Bertz CT molecular complexity index is 610. The summed E-state index contributed by atoms with van der Waals surface area (Å²) in [6.45, 7) is 8.62. The number of phenolic OH excluding ortho intramolecular Hbond substituents is 1. The number of hydrogen-bond donors (Lipinski definition) is 1. The van der Waals surface area contributed by atoms with Crippen LogP contribution in [0.3, 0.4) is 0 Å². The van der Waals surface area contributed by atoms with E-state index in [0.717, 1.165) is 37.0 Å². The van der Waals surface area contributed by atoms with Gasteiger partial charge in [-0.2, -0.15) is 0 Å². The van der Waals surface area contributed by atoms with E-state index in [2.05, 4.69) is 49.1 Å². The number of allylic oxidation sites excluding steroid dienone is 1. The van der Waals surface area contributed by atoms with Gasteiger partial charge in [-0.05, 0) is 88.8 Å². The Morgan fingerprint density at radius 1 is 1.43 bits per heavy atom. The minimum absolute atomic E-state index is 0.0886. The van der Waals surface area contributed by atoms with Crippen LogP contribution >= 0.6 is 22.6 Å². The molecule has 1 heterocycles. The molecular weight excluding hydrogens is 399 g/mol.